The molecule has 0 atom stereocenters. The van der Waals surface area contributed by atoms with Crippen molar-refractivity contribution in [3.8, 4) is 11.4 Å². The number of nitrogens with zero attached hydrogens (tertiary/aromatic N) is 2. The normalized spacial score (nSPS) is 15.3. The Morgan fingerprint density at radius 3 is 2.75 bits per heavy atom. The standard InChI is InChI=1S/C13H13N3O4/c1-19-10-6-4-9(5-7-10)16-11(13(18)20-15-16)12(17)14-8-2-3-8/h4-8H,2-3H2,1H3,(H-,14,15,17,18). The van der Waals surface area contributed by atoms with E-state index in [4.69, 9.17) is 9.26 Å². The van der Waals surface area contributed by atoms with E-state index >= 15 is 0 Å². The lowest BCUT2D eigenvalue weighted by Crippen LogP contribution is -2.44. The Morgan fingerprint density at radius 2 is 2.15 bits per heavy atom. The first kappa shape index (κ1) is 12.5. The van der Waals surface area contributed by atoms with Crippen molar-refractivity contribution < 1.29 is 19.0 Å². The Bertz CT molecular complexity index is 695. The van der Waals surface area contributed by atoms with Crippen LogP contribution in [0, 0.1) is 0 Å². The molecule has 1 fully saturated rings. The summed E-state index contributed by atoms with van der Waals surface area (Å²) in [5.74, 6) is 0.119. The minimum absolute atomic E-state index is 0.0427. The molecule has 0 saturated heterocycles. The van der Waals surface area contributed by atoms with E-state index in [1.165, 1.54) is 4.68 Å². The topological polar surface area (TPSA) is 94.5 Å². The lowest BCUT2D eigenvalue weighted by Gasteiger charge is -2.03. The van der Waals surface area contributed by atoms with Crippen molar-refractivity contribution in [2.45, 2.75) is 18.9 Å². The average molecular weight is 275 g/mol. The van der Waals surface area contributed by atoms with Crippen molar-refractivity contribution in [3.05, 3.63) is 40.4 Å². The Morgan fingerprint density at radius 1 is 1.45 bits per heavy atom. The molecule has 20 heavy (non-hydrogen) atoms. The van der Waals surface area contributed by atoms with Crippen LogP contribution in [0.4, 0.5) is 0 Å². The molecule has 0 aliphatic heterocycles. The van der Waals surface area contributed by atoms with Crippen molar-refractivity contribution in [2.75, 3.05) is 7.11 Å². The number of nitrogens with one attached hydrogen (secondary N) is 1. The number of ether oxygens (including phenoxy) is 1. The second kappa shape index (κ2) is 4.84. The second-order valence-corrected chi connectivity index (χ2v) is 4.53. The highest BCUT2D eigenvalue weighted by atomic mass is 16.5. The third-order valence-corrected chi connectivity index (χ3v) is 3.03. The van der Waals surface area contributed by atoms with Gasteiger partial charge in [0.05, 0.1) is 13.0 Å². The summed E-state index contributed by atoms with van der Waals surface area (Å²) >= 11 is 0. The minimum Gasteiger partial charge on any atom is -0.854 e. The molecule has 1 aromatic heterocycles. The Hall–Kier alpha value is -2.57. The highest BCUT2D eigenvalue weighted by Crippen LogP contribution is 2.23. The van der Waals surface area contributed by atoms with Crippen molar-refractivity contribution in [1.82, 2.24) is 5.27 Å². The first-order valence-corrected chi connectivity index (χ1v) is 6.22. The molecule has 1 aliphatic rings. The van der Waals surface area contributed by atoms with E-state index in [-0.39, 0.29) is 11.7 Å². The maximum absolute atomic E-state index is 12.0. The molecule has 1 N–H and O–H groups in total. The molecule has 1 aromatic carbocycles. The smallest absolute Gasteiger partial charge is 0.436 e. The minimum atomic E-state index is -0.727. The zero-order valence-corrected chi connectivity index (χ0v) is 10.8. The highest BCUT2D eigenvalue weighted by molar-refractivity contribution is 5.86. The fourth-order valence-electron chi connectivity index (χ4n) is 1.80. The predicted molar refractivity (Wildman–Crippen MR) is 67.0 cm³/mol. The van der Waals surface area contributed by atoms with E-state index in [9.17, 15) is 9.90 Å². The molecule has 1 heterocycles. The SMILES string of the molecule is COc1ccc(-[n+]2[nH]oc(=O)c2C([O-])=NC2CC2)cc1. The zero-order valence-electron chi connectivity index (χ0n) is 10.8. The summed E-state index contributed by atoms with van der Waals surface area (Å²) in [6.07, 6.45) is 1.79. The Kier molecular flexibility index (Phi) is 3.02. The molecule has 7 nitrogen and oxygen atoms in total. The summed E-state index contributed by atoms with van der Waals surface area (Å²) in [6, 6.07) is 6.90. The number of methoxy groups -OCH3 is 1. The van der Waals surface area contributed by atoms with Gasteiger partial charge in [-0.2, -0.15) is 0 Å². The number of aromatic nitrogens is 2. The summed E-state index contributed by atoms with van der Waals surface area (Å²) < 4.78 is 11.0. The van der Waals surface area contributed by atoms with Gasteiger partial charge in [0, 0.05) is 18.2 Å². The van der Waals surface area contributed by atoms with Crippen molar-refractivity contribution in [2.24, 2.45) is 4.99 Å². The van der Waals surface area contributed by atoms with E-state index in [0.29, 0.717) is 11.4 Å². The quantitative estimate of drug-likeness (QED) is 0.463. The molecule has 3 rings (SSSR count). The van der Waals surface area contributed by atoms with Crippen molar-refractivity contribution >= 4 is 5.90 Å². The summed E-state index contributed by atoms with van der Waals surface area (Å²) in [4.78, 5) is 15.6. The van der Waals surface area contributed by atoms with Gasteiger partial charge in [-0.25, -0.2) is 4.79 Å². The summed E-state index contributed by atoms with van der Waals surface area (Å²) in [6.45, 7) is 0. The number of aromatic amines is 1. The molecule has 0 unspecified atom stereocenters. The van der Waals surface area contributed by atoms with E-state index in [1.807, 2.05) is 0 Å². The highest BCUT2D eigenvalue weighted by Gasteiger charge is 2.26. The number of aliphatic imine (C=N–C) groups is 1. The van der Waals surface area contributed by atoms with Gasteiger partial charge in [-0.15, -0.1) is 0 Å². The summed E-state index contributed by atoms with van der Waals surface area (Å²) in [5, 5.41) is 14.4. The number of hydrogen-bond donors (Lipinski definition) is 1. The van der Waals surface area contributed by atoms with E-state index < -0.39 is 11.5 Å². The van der Waals surface area contributed by atoms with Crippen LogP contribution >= 0.6 is 0 Å². The van der Waals surface area contributed by atoms with Gasteiger partial charge < -0.3 is 9.84 Å². The second-order valence-electron chi connectivity index (χ2n) is 4.53. The van der Waals surface area contributed by atoms with Gasteiger partial charge in [-0.3, -0.25) is 9.52 Å². The third kappa shape index (κ3) is 2.29. The first-order valence-electron chi connectivity index (χ1n) is 6.22. The van der Waals surface area contributed by atoms with Gasteiger partial charge in [-0.05, 0) is 34.9 Å². The van der Waals surface area contributed by atoms with Crippen LogP contribution in [0.5, 0.6) is 5.75 Å². The number of H-pyrrole nitrogens is 1. The molecular formula is C13H13N3O4. The summed E-state index contributed by atoms with van der Waals surface area (Å²) in [7, 11) is 1.56. The van der Waals surface area contributed by atoms with Gasteiger partial charge >= 0.3 is 11.3 Å². The lowest BCUT2D eigenvalue weighted by atomic mass is 10.3. The Labute approximate surface area is 114 Å². The molecule has 0 radical (unpaired) electrons. The maximum Gasteiger partial charge on any atom is 0.436 e. The van der Waals surface area contributed by atoms with E-state index in [1.54, 1.807) is 31.4 Å². The molecule has 2 aromatic rings. The van der Waals surface area contributed by atoms with Crippen molar-refractivity contribution in [3.63, 3.8) is 0 Å². The number of hydrogen-bond acceptors (Lipinski definition) is 5. The van der Waals surface area contributed by atoms with Gasteiger partial charge in [0.25, 0.3) is 0 Å². The van der Waals surface area contributed by atoms with Crippen LogP contribution < -0.4 is 20.2 Å². The fourth-order valence-corrected chi connectivity index (χ4v) is 1.80. The number of rotatable bonds is 4. The van der Waals surface area contributed by atoms with Gasteiger partial charge in [0.15, 0.2) is 0 Å². The third-order valence-electron chi connectivity index (χ3n) is 3.03. The molecule has 104 valence electrons. The van der Waals surface area contributed by atoms with Crippen LogP contribution in [-0.4, -0.2) is 24.3 Å². The van der Waals surface area contributed by atoms with Gasteiger partial charge in [0.1, 0.15) is 5.75 Å². The maximum atomic E-state index is 12.0. The van der Waals surface area contributed by atoms with Gasteiger partial charge in [0.2, 0.25) is 5.69 Å². The fraction of sp³-hybridized carbons (Fsp3) is 0.308. The van der Waals surface area contributed by atoms with Crippen LogP contribution in [-0.2, 0) is 0 Å². The molecular weight excluding hydrogens is 262 g/mol. The molecule has 0 bridgehead atoms. The molecule has 7 heteroatoms. The molecule has 1 aliphatic carbocycles. The summed E-state index contributed by atoms with van der Waals surface area (Å²) in [5.41, 5.74) is -0.261. The molecule has 0 spiro atoms. The lowest BCUT2D eigenvalue weighted by molar-refractivity contribution is -0.673. The van der Waals surface area contributed by atoms with E-state index in [0.717, 1.165) is 12.8 Å². The average Bonchev–Trinajstić information content (AvgIpc) is 3.19. The van der Waals surface area contributed by atoms with Crippen LogP contribution in [0.3, 0.4) is 0 Å². The van der Waals surface area contributed by atoms with Crippen molar-refractivity contribution in [1.29, 1.82) is 0 Å². The van der Waals surface area contributed by atoms with Crippen LogP contribution in [0.25, 0.3) is 5.69 Å². The van der Waals surface area contributed by atoms with Crippen LogP contribution in [0.1, 0.15) is 18.5 Å². The Balaban J connectivity index is 2.02. The van der Waals surface area contributed by atoms with E-state index in [2.05, 4.69) is 10.3 Å². The predicted octanol–water partition coefficient (Wildman–Crippen LogP) is -0.477. The van der Waals surface area contributed by atoms with Crippen LogP contribution in [0.15, 0.2) is 38.6 Å². The monoisotopic (exact) mass is 275 g/mol. The largest absolute Gasteiger partial charge is 0.854 e. The van der Waals surface area contributed by atoms with Crippen LogP contribution in [0.2, 0.25) is 0 Å². The first-order chi connectivity index (χ1) is 9.69. The van der Waals surface area contributed by atoms with Gasteiger partial charge in [-0.1, -0.05) is 0 Å². The number of benzene rings is 1. The molecule has 0 amide bonds. The zero-order chi connectivity index (χ0) is 14.1. The molecule has 1 saturated carbocycles.